The van der Waals surface area contributed by atoms with Gasteiger partial charge in [0, 0.05) is 11.7 Å². The molecule has 1 fully saturated rings. The highest BCUT2D eigenvalue weighted by Gasteiger charge is 2.22. The van der Waals surface area contributed by atoms with E-state index in [9.17, 15) is 0 Å². The third kappa shape index (κ3) is 2.99. The number of benzene rings is 1. The summed E-state index contributed by atoms with van der Waals surface area (Å²) < 4.78 is 0. The summed E-state index contributed by atoms with van der Waals surface area (Å²) in [6, 6.07) is 6.80. The first-order chi connectivity index (χ1) is 9.20. The van der Waals surface area contributed by atoms with Crippen molar-refractivity contribution in [3.63, 3.8) is 0 Å². The molecule has 0 amide bonds. The quantitative estimate of drug-likeness (QED) is 0.879. The molecule has 19 heavy (non-hydrogen) atoms. The van der Waals surface area contributed by atoms with Crippen LogP contribution in [0.25, 0.3) is 0 Å². The minimum atomic E-state index is 0.526. The molecule has 0 aliphatic heterocycles. The summed E-state index contributed by atoms with van der Waals surface area (Å²) in [6.45, 7) is 4.16. The Hall–Kier alpha value is -2.17. The molecular formula is C14H17N5. The standard InChI is InChI=1S/C14H17N5/c1-9-3-6-12(10(2)7-9)17-13-8-15-19-14(18-13)16-11-4-5-11/h3,6-8,11H,4-5H2,1-2H3,(H2,16,17,18,19). The van der Waals surface area contributed by atoms with Crippen molar-refractivity contribution < 1.29 is 0 Å². The van der Waals surface area contributed by atoms with E-state index in [0.717, 1.165) is 5.69 Å². The van der Waals surface area contributed by atoms with Crippen molar-refractivity contribution >= 4 is 17.5 Å². The fourth-order valence-corrected chi connectivity index (χ4v) is 1.93. The van der Waals surface area contributed by atoms with E-state index in [1.54, 1.807) is 6.20 Å². The van der Waals surface area contributed by atoms with Crippen LogP contribution in [0.2, 0.25) is 0 Å². The Bertz CT molecular complexity index is 592. The fraction of sp³-hybridized carbons (Fsp3) is 0.357. The molecule has 0 saturated heterocycles. The van der Waals surface area contributed by atoms with Crippen molar-refractivity contribution in [3.05, 3.63) is 35.5 Å². The summed E-state index contributed by atoms with van der Waals surface area (Å²) in [7, 11) is 0. The van der Waals surface area contributed by atoms with Crippen molar-refractivity contribution in [2.75, 3.05) is 10.6 Å². The zero-order chi connectivity index (χ0) is 13.2. The number of hydrogen-bond donors (Lipinski definition) is 2. The van der Waals surface area contributed by atoms with Gasteiger partial charge >= 0.3 is 0 Å². The van der Waals surface area contributed by atoms with E-state index in [-0.39, 0.29) is 0 Å². The molecule has 1 aliphatic carbocycles. The minimum absolute atomic E-state index is 0.526. The second-order valence-corrected chi connectivity index (χ2v) is 5.03. The second kappa shape index (κ2) is 4.84. The molecule has 1 saturated carbocycles. The maximum Gasteiger partial charge on any atom is 0.244 e. The van der Waals surface area contributed by atoms with Crippen molar-refractivity contribution in [2.45, 2.75) is 32.7 Å². The summed E-state index contributed by atoms with van der Waals surface area (Å²) in [5.74, 6) is 1.31. The van der Waals surface area contributed by atoms with Crippen molar-refractivity contribution in [1.82, 2.24) is 15.2 Å². The van der Waals surface area contributed by atoms with Gasteiger partial charge < -0.3 is 10.6 Å². The molecule has 0 bridgehead atoms. The second-order valence-electron chi connectivity index (χ2n) is 5.03. The van der Waals surface area contributed by atoms with E-state index in [4.69, 9.17) is 0 Å². The molecule has 0 atom stereocenters. The average molecular weight is 255 g/mol. The Morgan fingerprint density at radius 3 is 2.79 bits per heavy atom. The Labute approximate surface area is 112 Å². The zero-order valence-corrected chi connectivity index (χ0v) is 11.1. The molecule has 0 unspecified atom stereocenters. The molecule has 0 radical (unpaired) electrons. The predicted molar refractivity (Wildman–Crippen MR) is 75.7 cm³/mol. The van der Waals surface area contributed by atoms with Gasteiger partial charge in [-0.05, 0) is 38.3 Å². The van der Waals surface area contributed by atoms with Gasteiger partial charge in [0.2, 0.25) is 5.95 Å². The fourth-order valence-electron chi connectivity index (χ4n) is 1.93. The molecule has 2 N–H and O–H groups in total. The van der Waals surface area contributed by atoms with Crippen LogP contribution in [-0.2, 0) is 0 Å². The largest absolute Gasteiger partial charge is 0.350 e. The third-order valence-corrected chi connectivity index (χ3v) is 3.11. The number of aromatic nitrogens is 3. The van der Waals surface area contributed by atoms with Gasteiger partial charge in [0.1, 0.15) is 0 Å². The first kappa shape index (κ1) is 11.9. The van der Waals surface area contributed by atoms with E-state index >= 15 is 0 Å². The van der Waals surface area contributed by atoms with E-state index in [2.05, 4.69) is 57.9 Å². The number of rotatable bonds is 4. The average Bonchev–Trinajstić information content (AvgIpc) is 3.17. The lowest BCUT2D eigenvalue weighted by atomic mass is 10.1. The van der Waals surface area contributed by atoms with Crippen LogP contribution in [-0.4, -0.2) is 21.2 Å². The first-order valence-electron chi connectivity index (χ1n) is 6.51. The number of hydrogen-bond acceptors (Lipinski definition) is 5. The molecule has 0 spiro atoms. The molecule has 5 heteroatoms. The van der Waals surface area contributed by atoms with Gasteiger partial charge in [0.15, 0.2) is 5.82 Å². The summed E-state index contributed by atoms with van der Waals surface area (Å²) in [4.78, 5) is 4.42. The lowest BCUT2D eigenvalue weighted by molar-refractivity contribution is 0.947. The van der Waals surface area contributed by atoms with Crippen LogP contribution in [0.3, 0.4) is 0 Å². The molecule has 1 aliphatic rings. The highest BCUT2D eigenvalue weighted by Crippen LogP contribution is 2.24. The van der Waals surface area contributed by atoms with Gasteiger partial charge in [0.25, 0.3) is 0 Å². The lowest BCUT2D eigenvalue weighted by Gasteiger charge is -2.10. The molecule has 3 rings (SSSR count). The SMILES string of the molecule is Cc1ccc(Nc2cnnc(NC3CC3)n2)c(C)c1. The van der Waals surface area contributed by atoms with Crippen LogP contribution < -0.4 is 10.6 Å². The van der Waals surface area contributed by atoms with Gasteiger partial charge in [-0.2, -0.15) is 10.1 Å². The van der Waals surface area contributed by atoms with E-state index < -0.39 is 0 Å². The van der Waals surface area contributed by atoms with Gasteiger partial charge in [-0.15, -0.1) is 5.10 Å². The maximum atomic E-state index is 4.42. The van der Waals surface area contributed by atoms with Crippen LogP contribution in [0.5, 0.6) is 0 Å². The summed E-state index contributed by atoms with van der Waals surface area (Å²) >= 11 is 0. The number of nitrogens with one attached hydrogen (secondary N) is 2. The van der Waals surface area contributed by atoms with Crippen LogP contribution in [0.15, 0.2) is 24.4 Å². The summed E-state index contributed by atoms with van der Waals surface area (Å²) in [6.07, 6.45) is 4.02. The molecule has 2 aromatic rings. The number of anilines is 3. The maximum absolute atomic E-state index is 4.42. The first-order valence-corrected chi connectivity index (χ1v) is 6.51. The summed E-state index contributed by atoms with van der Waals surface area (Å²) in [5, 5.41) is 14.5. The topological polar surface area (TPSA) is 62.7 Å². The van der Waals surface area contributed by atoms with E-state index in [1.165, 1.54) is 24.0 Å². The zero-order valence-electron chi connectivity index (χ0n) is 11.1. The van der Waals surface area contributed by atoms with Crippen LogP contribution in [0.1, 0.15) is 24.0 Å². The Balaban J connectivity index is 1.78. The van der Waals surface area contributed by atoms with E-state index in [0.29, 0.717) is 17.8 Å². The van der Waals surface area contributed by atoms with Crippen molar-refractivity contribution in [1.29, 1.82) is 0 Å². The molecular weight excluding hydrogens is 238 g/mol. The van der Waals surface area contributed by atoms with Gasteiger partial charge in [-0.1, -0.05) is 17.7 Å². The van der Waals surface area contributed by atoms with Crippen molar-refractivity contribution in [2.24, 2.45) is 0 Å². The van der Waals surface area contributed by atoms with E-state index in [1.807, 2.05) is 0 Å². The van der Waals surface area contributed by atoms with Gasteiger partial charge in [-0.3, -0.25) is 0 Å². The molecule has 1 aromatic carbocycles. The van der Waals surface area contributed by atoms with Crippen LogP contribution >= 0.6 is 0 Å². The Morgan fingerprint density at radius 1 is 1.21 bits per heavy atom. The van der Waals surface area contributed by atoms with Crippen LogP contribution in [0, 0.1) is 13.8 Å². The smallest absolute Gasteiger partial charge is 0.244 e. The summed E-state index contributed by atoms with van der Waals surface area (Å²) in [5.41, 5.74) is 3.48. The monoisotopic (exact) mass is 255 g/mol. The van der Waals surface area contributed by atoms with Crippen molar-refractivity contribution in [3.8, 4) is 0 Å². The lowest BCUT2D eigenvalue weighted by Crippen LogP contribution is -2.08. The predicted octanol–water partition coefficient (Wildman–Crippen LogP) is 2.81. The highest BCUT2D eigenvalue weighted by atomic mass is 15.3. The number of nitrogens with zero attached hydrogens (tertiary/aromatic N) is 3. The third-order valence-electron chi connectivity index (χ3n) is 3.11. The van der Waals surface area contributed by atoms with Gasteiger partial charge in [0.05, 0.1) is 6.20 Å². The molecule has 98 valence electrons. The normalized spacial score (nSPS) is 14.2. The Morgan fingerprint density at radius 2 is 2.05 bits per heavy atom. The highest BCUT2D eigenvalue weighted by molar-refractivity contribution is 5.60. The molecule has 1 aromatic heterocycles. The van der Waals surface area contributed by atoms with Gasteiger partial charge in [-0.25, -0.2) is 0 Å². The molecule has 1 heterocycles. The van der Waals surface area contributed by atoms with Crippen LogP contribution in [0.4, 0.5) is 17.5 Å². The number of aryl methyl sites for hydroxylation is 2. The molecule has 5 nitrogen and oxygen atoms in total. The Kier molecular flexibility index (Phi) is 3.03. The minimum Gasteiger partial charge on any atom is -0.350 e.